The largest absolute Gasteiger partial charge is 0.493 e. The summed E-state index contributed by atoms with van der Waals surface area (Å²) in [6, 6.07) is 17.9. The Balaban J connectivity index is 1.80. The van der Waals surface area contributed by atoms with E-state index in [1.807, 2.05) is 63.2 Å². The maximum Gasteiger partial charge on any atom is 0.336 e. The van der Waals surface area contributed by atoms with Crippen LogP contribution < -0.4 is 10.1 Å². The van der Waals surface area contributed by atoms with Crippen molar-refractivity contribution in [2.24, 2.45) is 5.92 Å². The van der Waals surface area contributed by atoms with Crippen LogP contribution in [0.3, 0.4) is 0 Å². The number of carbonyl (C=O) groups is 2. The number of Topliss-reactive ketones (excluding diaryl/α,β-unsaturated/α-hetero) is 1. The topological polar surface area (TPSA) is 64.6 Å². The Kier molecular flexibility index (Phi) is 7.74. The summed E-state index contributed by atoms with van der Waals surface area (Å²) < 4.78 is 11.8. The number of esters is 1. The van der Waals surface area contributed by atoms with Gasteiger partial charge in [-0.25, -0.2) is 4.79 Å². The summed E-state index contributed by atoms with van der Waals surface area (Å²) in [6.07, 6.45) is 1.99. The molecule has 0 aromatic heterocycles. The van der Waals surface area contributed by atoms with Crippen molar-refractivity contribution in [3.63, 3.8) is 0 Å². The molecule has 35 heavy (non-hydrogen) atoms. The fraction of sp³-hybridized carbons (Fsp3) is 0.400. The first-order valence-electron chi connectivity index (χ1n) is 12.6. The van der Waals surface area contributed by atoms with Crippen LogP contribution in [0.2, 0.25) is 0 Å². The fourth-order valence-corrected chi connectivity index (χ4v) is 4.96. The van der Waals surface area contributed by atoms with Gasteiger partial charge in [-0.05, 0) is 43.2 Å². The lowest BCUT2D eigenvalue weighted by Crippen LogP contribution is -2.36. The summed E-state index contributed by atoms with van der Waals surface area (Å²) in [4.78, 5) is 27.1. The van der Waals surface area contributed by atoms with Crippen molar-refractivity contribution in [1.29, 1.82) is 0 Å². The smallest absolute Gasteiger partial charge is 0.336 e. The van der Waals surface area contributed by atoms with Gasteiger partial charge < -0.3 is 14.8 Å². The normalized spacial score (nSPS) is 20.0. The summed E-state index contributed by atoms with van der Waals surface area (Å²) in [7, 11) is 0. The fourth-order valence-electron chi connectivity index (χ4n) is 4.96. The van der Waals surface area contributed by atoms with E-state index in [9.17, 15) is 9.59 Å². The Morgan fingerprint density at radius 1 is 1.06 bits per heavy atom. The van der Waals surface area contributed by atoms with Gasteiger partial charge in [-0.1, -0.05) is 69.3 Å². The van der Waals surface area contributed by atoms with Crippen LogP contribution in [0.25, 0.3) is 0 Å². The third-order valence-corrected chi connectivity index (χ3v) is 6.56. The van der Waals surface area contributed by atoms with E-state index in [-0.39, 0.29) is 23.6 Å². The van der Waals surface area contributed by atoms with Crippen molar-refractivity contribution in [3.05, 3.63) is 88.3 Å². The molecule has 5 heteroatoms. The Bertz CT molecular complexity index is 1150. The molecule has 1 N–H and O–H groups in total. The number of nitrogens with one attached hydrogen (secondary N) is 1. The van der Waals surface area contributed by atoms with E-state index in [0.717, 1.165) is 28.9 Å². The van der Waals surface area contributed by atoms with Gasteiger partial charge in [-0.3, -0.25) is 4.79 Å². The zero-order valence-corrected chi connectivity index (χ0v) is 21.1. The molecule has 2 atom stereocenters. The Hall–Kier alpha value is -3.34. The van der Waals surface area contributed by atoms with Crippen LogP contribution >= 0.6 is 0 Å². The molecule has 0 unspecified atom stereocenters. The number of hydrogen-bond acceptors (Lipinski definition) is 5. The van der Waals surface area contributed by atoms with Crippen molar-refractivity contribution in [2.75, 3.05) is 13.2 Å². The van der Waals surface area contributed by atoms with Gasteiger partial charge in [0, 0.05) is 29.0 Å². The molecule has 1 aliphatic heterocycles. The lowest BCUT2D eigenvalue weighted by molar-refractivity contribution is -0.140. The van der Waals surface area contributed by atoms with Crippen molar-refractivity contribution in [1.82, 2.24) is 5.32 Å². The molecule has 0 radical (unpaired) electrons. The number of benzene rings is 2. The molecular formula is C30H35NO4. The molecule has 0 fully saturated rings. The van der Waals surface area contributed by atoms with E-state index >= 15 is 0 Å². The van der Waals surface area contributed by atoms with Gasteiger partial charge in [0.1, 0.15) is 5.75 Å². The highest BCUT2D eigenvalue weighted by Gasteiger charge is 2.42. The first-order chi connectivity index (χ1) is 16.9. The summed E-state index contributed by atoms with van der Waals surface area (Å²) in [5.41, 5.74) is 4.76. The molecule has 2 aromatic rings. The minimum atomic E-state index is -0.525. The quantitative estimate of drug-likeness (QED) is 0.474. The zero-order valence-electron chi connectivity index (χ0n) is 21.1. The molecule has 0 bridgehead atoms. The highest BCUT2D eigenvalue weighted by molar-refractivity contribution is 6.04. The van der Waals surface area contributed by atoms with Gasteiger partial charge in [-0.2, -0.15) is 0 Å². The number of ether oxygens (including phenoxy) is 2. The molecule has 184 valence electrons. The standard InChI is InChI=1S/C30H35NO4/c1-5-15-34-26-14-10-9-13-23(26)28-27(30(33)35-18-19(2)3)20(4)31-24-16-22(17-25(32)29(24)28)21-11-7-6-8-12-21/h6-14,19,22,28,31H,5,15-18H2,1-4H3/t22-,28-/m1/s1. The molecule has 1 heterocycles. The number of dihydropyridines is 1. The highest BCUT2D eigenvalue weighted by atomic mass is 16.5. The maximum absolute atomic E-state index is 13.7. The van der Waals surface area contributed by atoms with Crippen LogP contribution in [0.1, 0.15) is 69.9 Å². The van der Waals surface area contributed by atoms with Gasteiger partial charge >= 0.3 is 5.97 Å². The zero-order chi connectivity index (χ0) is 24.9. The first kappa shape index (κ1) is 24.8. The SMILES string of the molecule is CCCOc1ccccc1[C@@H]1C(C(=O)OCC(C)C)=C(C)NC2=C1C(=O)C[C@H](c1ccccc1)C2. The third-order valence-electron chi connectivity index (χ3n) is 6.56. The van der Waals surface area contributed by atoms with E-state index in [1.165, 1.54) is 0 Å². The Labute approximate surface area is 208 Å². The summed E-state index contributed by atoms with van der Waals surface area (Å²) >= 11 is 0. The number of allylic oxidation sites excluding steroid dienone is 3. The Morgan fingerprint density at radius 3 is 2.49 bits per heavy atom. The van der Waals surface area contributed by atoms with E-state index in [4.69, 9.17) is 9.47 Å². The molecule has 0 spiro atoms. The summed E-state index contributed by atoms with van der Waals surface area (Å²) in [5, 5.41) is 3.43. The number of carbonyl (C=O) groups excluding carboxylic acids is 2. The molecule has 2 aromatic carbocycles. The van der Waals surface area contributed by atoms with Crippen LogP contribution in [0.5, 0.6) is 5.75 Å². The van der Waals surface area contributed by atoms with E-state index < -0.39 is 5.92 Å². The second-order valence-electron chi connectivity index (χ2n) is 9.81. The van der Waals surface area contributed by atoms with Crippen LogP contribution in [0.15, 0.2) is 77.1 Å². The van der Waals surface area contributed by atoms with Crippen LogP contribution in [0, 0.1) is 5.92 Å². The van der Waals surface area contributed by atoms with Crippen LogP contribution in [-0.2, 0) is 14.3 Å². The van der Waals surface area contributed by atoms with Crippen molar-refractivity contribution >= 4 is 11.8 Å². The second-order valence-corrected chi connectivity index (χ2v) is 9.81. The van der Waals surface area contributed by atoms with Crippen molar-refractivity contribution in [2.45, 2.75) is 58.8 Å². The summed E-state index contributed by atoms with van der Waals surface area (Å²) in [5.74, 6) is 0.168. The monoisotopic (exact) mass is 473 g/mol. The van der Waals surface area contributed by atoms with Gasteiger partial charge in [0.15, 0.2) is 5.78 Å². The van der Waals surface area contributed by atoms with Crippen molar-refractivity contribution in [3.8, 4) is 5.75 Å². The first-order valence-corrected chi connectivity index (χ1v) is 12.6. The van der Waals surface area contributed by atoms with Gasteiger partial charge in [0.25, 0.3) is 0 Å². The van der Waals surface area contributed by atoms with Crippen molar-refractivity contribution < 1.29 is 19.1 Å². The number of hydrogen-bond donors (Lipinski definition) is 1. The number of ketones is 1. The molecule has 1 aliphatic carbocycles. The minimum absolute atomic E-state index is 0.0598. The van der Waals surface area contributed by atoms with Crippen LogP contribution in [0.4, 0.5) is 0 Å². The molecule has 2 aliphatic rings. The second kappa shape index (κ2) is 10.9. The number of para-hydroxylation sites is 1. The van der Waals surface area contributed by atoms with E-state index in [2.05, 4.69) is 24.4 Å². The summed E-state index contributed by atoms with van der Waals surface area (Å²) in [6.45, 7) is 8.86. The molecular weight excluding hydrogens is 438 g/mol. The lowest BCUT2D eigenvalue weighted by atomic mass is 9.71. The predicted molar refractivity (Wildman–Crippen MR) is 137 cm³/mol. The predicted octanol–water partition coefficient (Wildman–Crippen LogP) is 6.04. The van der Waals surface area contributed by atoms with Crippen LogP contribution in [-0.4, -0.2) is 25.0 Å². The van der Waals surface area contributed by atoms with Gasteiger partial charge in [-0.15, -0.1) is 0 Å². The molecule has 0 saturated heterocycles. The average Bonchev–Trinajstić information content (AvgIpc) is 2.85. The number of rotatable bonds is 8. The molecule has 4 rings (SSSR count). The van der Waals surface area contributed by atoms with Gasteiger partial charge in [0.2, 0.25) is 0 Å². The molecule has 5 nitrogen and oxygen atoms in total. The Morgan fingerprint density at radius 2 is 1.77 bits per heavy atom. The van der Waals surface area contributed by atoms with Gasteiger partial charge in [0.05, 0.1) is 24.7 Å². The third kappa shape index (κ3) is 5.34. The lowest BCUT2D eigenvalue weighted by Gasteiger charge is -2.37. The maximum atomic E-state index is 13.7. The molecule has 0 amide bonds. The highest BCUT2D eigenvalue weighted by Crippen LogP contribution is 2.47. The van der Waals surface area contributed by atoms with E-state index in [0.29, 0.717) is 43.0 Å². The van der Waals surface area contributed by atoms with E-state index in [1.54, 1.807) is 0 Å². The molecule has 0 saturated carbocycles. The minimum Gasteiger partial charge on any atom is -0.493 e. The average molecular weight is 474 g/mol.